The molecule has 140 valence electrons. The predicted octanol–water partition coefficient (Wildman–Crippen LogP) is 6.22. The van der Waals surface area contributed by atoms with Gasteiger partial charge in [-0.15, -0.1) is 10.2 Å². The molecule has 5 heteroatoms. The molecule has 0 aliphatic rings. The largest absolute Gasteiger partial charge is 0.274 e. The smallest absolute Gasteiger partial charge is 0.196 e. The zero-order valence-corrected chi connectivity index (χ0v) is 18.0. The van der Waals surface area contributed by atoms with Crippen molar-refractivity contribution in [2.24, 2.45) is 0 Å². The molecule has 0 radical (unpaired) electrons. The van der Waals surface area contributed by atoms with Crippen LogP contribution in [0.3, 0.4) is 0 Å². The molecule has 4 rings (SSSR count). The first-order valence-corrected chi connectivity index (χ1v) is 10.9. The molecule has 3 nitrogen and oxygen atoms in total. The third kappa shape index (κ3) is 4.54. The first-order chi connectivity index (χ1) is 13.7. The molecule has 1 aromatic heterocycles. The van der Waals surface area contributed by atoms with Gasteiger partial charge in [0.1, 0.15) is 5.82 Å². The van der Waals surface area contributed by atoms with Crippen molar-refractivity contribution in [1.29, 1.82) is 0 Å². The van der Waals surface area contributed by atoms with Crippen LogP contribution in [-0.4, -0.2) is 14.8 Å². The lowest BCUT2D eigenvalue weighted by atomic mass is 10.1. The van der Waals surface area contributed by atoms with Gasteiger partial charge in [0.05, 0.1) is 0 Å². The van der Waals surface area contributed by atoms with E-state index < -0.39 is 0 Å². The third-order valence-corrected chi connectivity index (χ3v) is 6.01. The maximum absolute atomic E-state index is 4.52. The number of hydrogen-bond acceptors (Lipinski definition) is 3. The van der Waals surface area contributed by atoms with E-state index in [-0.39, 0.29) is 0 Å². The van der Waals surface area contributed by atoms with Crippen molar-refractivity contribution in [3.05, 3.63) is 106 Å². The van der Waals surface area contributed by atoms with Crippen LogP contribution in [0, 0.1) is 6.92 Å². The molecular weight excluding hydrogens is 430 g/mol. The molecular formula is C23H20BrN3S. The lowest BCUT2D eigenvalue weighted by Crippen LogP contribution is -2.04. The van der Waals surface area contributed by atoms with Crippen LogP contribution in [0.2, 0.25) is 0 Å². The zero-order chi connectivity index (χ0) is 19.3. The first kappa shape index (κ1) is 19.0. The minimum absolute atomic E-state index is 0.751. The van der Waals surface area contributed by atoms with Gasteiger partial charge in [-0.05, 0) is 42.3 Å². The Bertz CT molecular complexity index is 1040. The minimum atomic E-state index is 0.751. The molecule has 1 heterocycles. The summed E-state index contributed by atoms with van der Waals surface area (Å²) in [7, 11) is 0. The average Bonchev–Trinajstić information content (AvgIpc) is 3.11. The Morgan fingerprint density at radius 3 is 2.25 bits per heavy atom. The van der Waals surface area contributed by atoms with Gasteiger partial charge in [0, 0.05) is 22.3 Å². The summed E-state index contributed by atoms with van der Waals surface area (Å²) >= 11 is 5.20. The summed E-state index contributed by atoms with van der Waals surface area (Å²) in [5.74, 6) is 1.80. The van der Waals surface area contributed by atoms with Gasteiger partial charge in [0.15, 0.2) is 5.16 Å². The van der Waals surface area contributed by atoms with Crippen molar-refractivity contribution in [1.82, 2.24) is 14.8 Å². The van der Waals surface area contributed by atoms with Crippen LogP contribution in [0.25, 0.3) is 5.69 Å². The second-order valence-corrected chi connectivity index (χ2v) is 8.51. The van der Waals surface area contributed by atoms with Crippen LogP contribution in [0.1, 0.15) is 22.5 Å². The Morgan fingerprint density at radius 2 is 1.54 bits per heavy atom. The average molecular weight is 450 g/mol. The Morgan fingerprint density at radius 1 is 0.821 bits per heavy atom. The number of thioether (sulfide) groups is 1. The third-order valence-electron chi connectivity index (χ3n) is 4.48. The molecule has 4 aromatic rings. The van der Waals surface area contributed by atoms with Crippen LogP contribution in [0.15, 0.2) is 88.5 Å². The fourth-order valence-electron chi connectivity index (χ4n) is 2.97. The maximum Gasteiger partial charge on any atom is 0.196 e. The topological polar surface area (TPSA) is 30.7 Å². The number of aromatic nitrogens is 3. The summed E-state index contributed by atoms with van der Waals surface area (Å²) in [4.78, 5) is 0. The van der Waals surface area contributed by atoms with Crippen molar-refractivity contribution in [2.45, 2.75) is 24.3 Å². The fourth-order valence-corrected chi connectivity index (χ4v) is 4.16. The monoisotopic (exact) mass is 449 g/mol. The Kier molecular flexibility index (Phi) is 5.93. The van der Waals surface area contributed by atoms with Gasteiger partial charge in [-0.25, -0.2) is 0 Å². The molecule has 0 aliphatic heterocycles. The Balaban J connectivity index is 1.65. The fraction of sp³-hybridized carbons (Fsp3) is 0.130. The van der Waals surface area contributed by atoms with E-state index >= 15 is 0 Å². The van der Waals surface area contributed by atoms with E-state index in [1.165, 1.54) is 16.7 Å². The predicted molar refractivity (Wildman–Crippen MR) is 119 cm³/mol. The van der Waals surface area contributed by atoms with Crippen molar-refractivity contribution >= 4 is 27.7 Å². The highest BCUT2D eigenvalue weighted by Gasteiger charge is 2.15. The van der Waals surface area contributed by atoms with Crippen molar-refractivity contribution in [3.8, 4) is 5.69 Å². The van der Waals surface area contributed by atoms with E-state index in [0.29, 0.717) is 0 Å². The van der Waals surface area contributed by atoms with E-state index in [1.807, 2.05) is 6.07 Å². The van der Waals surface area contributed by atoms with Gasteiger partial charge in [0.25, 0.3) is 0 Å². The molecule has 28 heavy (non-hydrogen) atoms. The van der Waals surface area contributed by atoms with Gasteiger partial charge in [-0.2, -0.15) is 0 Å². The van der Waals surface area contributed by atoms with Crippen LogP contribution in [0.4, 0.5) is 0 Å². The van der Waals surface area contributed by atoms with E-state index in [9.17, 15) is 0 Å². The summed E-state index contributed by atoms with van der Waals surface area (Å²) in [6.07, 6.45) is 0.751. The lowest BCUT2D eigenvalue weighted by Gasteiger charge is -2.11. The number of benzene rings is 3. The first-order valence-electron chi connectivity index (χ1n) is 9.11. The molecule has 0 saturated heterocycles. The molecule has 3 aromatic carbocycles. The standard InChI is InChI=1S/C23H20BrN3S/c1-17-7-13-21(14-8-17)27-22(15-18-5-3-2-4-6-18)25-26-23(27)28-16-19-9-11-20(24)12-10-19/h2-14H,15-16H2,1H3. The van der Waals surface area contributed by atoms with Gasteiger partial charge < -0.3 is 0 Å². The molecule has 0 saturated carbocycles. The Hall–Kier alpha value is -2.37. The van der Waals surface area contributed by atoms with Crippen LogP contribution >= 0.6 is 27.7 Å². The van der Waals surface area contributed by atoms with Crippen LogP contribution in [0.5, 0.6) is 0 Å². The van der Waals surface area contributed by atoms with Gasteiger partial charge >= 0.3 is 0 Å². The Labute approximate surface area is 178 Å². The number of rotatable bonds is 6. The molecule has 0 amide bonds. The summed E-state index contributed by atoms with van der Waals surface area (Å²) in [6, 6.07) is 27.4. The number of halogens is 1. The normalized spacial score (nSPS) is 10.9. The van der Waals surface area contributed by atoms with Crippen molar-refractivity contribution in [2.75, 3.05) is 0 Å². The summed E-state index contributed by atoms with van der Waals surface area (Å²) < 4.78 is 3.27. The highest BCUT2D eigenvalue weighted by molar-refractivity contribution is 9.10. The SMILES string of the molecule is Cc1ccc(-n2c(Cc3ccccc3)nnc2SCc2ccc(Br)cc2)cc1. The number of aryl methyl sites for hydroxylation is 1. The van der Waals surface area contributed by atoms with Crippen LogP contribution < -0.4 is 0 Å². The minimum Gasteiger partial charge on any atom is -0.274 e. The van der Waals surface area contributed by atoms with Crippen LogP contribution in [-0.2, 0) is 12.2 Å². The van der Waals surface area contributed by atoms with E-state index in [0.717, 1.165) is 33.3 Å². The molecule has 0 N–H and O–H groups in total. The van der Waals surface area contributed by atoms with Crippen molar-refractivity contribution < 1.29 is 0 Å². The lowest BCUT2D eigenvalue weighted by molar-refractivity contribution is 0.847. The van der Waals surface area contributed by atoms with Gasteiger partial charge in [-0.1, -0.05) is 87.9 Å². The number of hydrogen-bond donors (Lipinski definition) is 0. The van der Waals surface area contributed by atoms with E-state index in [2.05, 4.69) is 110 Å². The van der Waals surface area contributed by atoms with Gasteiger partial charge in [-0.3, -0.25) is 4.57 Å². The number of nitrogens with zero attached hydrogens (tertiary/aromatic N) is 3. The zero-order valence-electron chi connectivity index (χ0n) is 15.5. The molecule has 0 aliphatic carbocycles. The van der Waals surface area contributed by atoms with E-state index in [4.69, 9.17) is 0 Å². The molecule has 0 fully saturated rings. The second kappa shape index (κ2) is 8.76. The maximum atomic E-state index is 4.52. The molecule has 0 bridgehead atoms. The molecule has 0 spiro atoms. The quantitative estimate of drug-likeness (QED) is 0.327. The molecule has 0 unspecified atom stereocenters. The second-order valence-electron chi connectivity index (χ2n) is 6.65. The summed E-state index contributed by atoms with van der Waals surface area (Å²) in [6.45, 7) is 2.10. The summed E-state index contributed by atoms with van der Waals surface area (Å²) in [5, 5.41) is 9.95. The van der Waals surface area contributed by atoms with Crippen molar-refractivity contribution in [3.63, 3.8) is 0 Å². The van der Waals surface area contributed by atoms with Gasteiger partial charge in [0.2, 0.25) is 0 Å². The highest BCUT2D eigenvalue weighted by atomic mass is 79.9. The molecule has 0 atom stereocenters. The van der Waals surface area contributed by atoms with E-state index in [1.54, 1.807) is 11.8 Å². The highest BCUT2D eigenvalue weighted by Crippen LogP contribution is 2.27. The summed E-state index contributed by atoms with van der Waals surface area (Å²) in [5.41, 5.74) is 4.83.